The van der Waals surface area contributed by atoms with Crippen LogP contribution < -0.4 is 10.1 Å². The lowest BCUT2D eigenvalue weighted by Gasteiger charge is -2.29. The molecule has 2 heterocycles. The summed E-state index contributed by atoms with van der Waals surface area (Å²) < 4.78 is 49.9. The molecule has 1 aromatic carbocycles. The maximum atomic E-state index is 14.9. The monoisotopic (exact) mass is 477 g/mol. The summed E-state index contributed by atoms with van der Waals surface area (Å²) in [5, 5.41) is 24.8. The zero-order valence-electron chi connectivity index (χ0n) is 19.4. The van der Waals surface area contributed by atoms with E-state index in [4.69, 9.17) is 4.74 Å². The van der Waals surface area contributed by atoms with Crippen LogP contribution in [0.2, 0.25) is 0 Å². The summed E-state index contributed by atoms with van der Waals surface area (Å²) in [7, 11) is 0. The number of rotatable bonds is 6. The van der Waals surface area contributed by atoms with Gasteiger partial charge in [0.25, 0.3) is 6.43 Å². The van der Waals surface area contributed by atoms with E-state index in [1.165, 1.54) is 0 Å². The molecule has 2 aromatic rings. The van der Waals surface area contributed by atoms with Gasteiger partial charge < -0.3 is 24.8 Å². The lowest BCUT2D eigenvalue weighted by Crippen LogP contribution is -2.35. The maximum absolute atomic E-state index is 14.9. The van der Waals surface area contributed by atoms with Crippen molar-refractivity contribution < 1.29 is 28.1 Å². The van der Waals surface area contributed by atoms with Crippen LogP contribution in [-0.4, -0.2) is 45.9 Å². The van der Waals surface area contributed by atoms with Gasteiger partial charge in [0, 0.05) is 48.6 Å². The van der Waals surface area contributed by atoms with E-state index in [-0.39, 0.29) is 30.2 Å². The molecular weight excluding hydrogens is 447 g/mol. The molecule has 1 saturated carbocycles. The fourth-order valence-electron chi connectivity index (χ4n) is 5.01. The first-order chi connectivity index (χ1) is 16.1. The molecule has 2 aliphatic rings. The number of nitrogens with one attached hydrogen (secondary N) is 1. The van der Waals surface area contributed by atoms with Crippen molar-refractivity contribution in [3.8, 4) is 5.75 Å². The molecular formula is C25H30F3N3O3. The molecule has 3 N–H and O–H groups in total. The minimum Gasteiger partial charge on any atom is -0.487 e. The predicted octanol–water partition coefficient (Wildman–Crippen LogP) is 4.64. The molecule has 5 atom stereocenters. The Balaban J connectivity index is 1.69. The zero-order valence-corrected chi connectivity index (χ0v) is 19.4. The third-order valence-corrected chi connectivity index (χ3v) is 6.71. The first kappa shape index (κ1) is 24.5. The van der Waals surface area contributed by atoms with Gasteiger partial charge in [-0.1, -0.05) is 13.5 Å². The molecule has 4 rings (SSSR count). The van der Waals surface area contributed by atoms with Crippen LogP contribution in [0.5, 0.6) is 5.75 Å². The summed E-state index contributed by atoms with van der Waals surface area (Å²) in [4.78, 5) is 4.42. The summed E-state index contributed by atoms with van der Waals surface area (Å²) in [6.07, 6.45) is -2.72. The summed E-state index contributed by atoms with van der Waals surface area (Å²) in [6, 6.07) is 2.30. The standard InChI is InChI=1S/C25H30F3N3O3/c1-5-30-25-14(12(2)3)6-7-31(25)17-9-19(23(33)22(17)32)34-18-8-15(24(27)28)21(26)20-13(4)10-29-11-16(18)20/h5-8,13,17,19,22-24,29,32-33H,2,9-11H2,1,3-4H3/t13-,17?,19+,22+,23-/m1/s1. The fraction of sp³-hybridized carbons (Fsp3) is 0.480. The molecule has 9 heteroatoms. The number of benzene rings is 1. The number of allylic oxidation sites excluding steroid dienone is 1. The topological polar surface area (TPSA) is 79.0 Å². The highest BCUT2D eigenvalue weighted by Crippen LogP contribution is 2.42. The SMILES string of the molecule is C=C(C)c1ccn(C2C[C@H](Oc3cc(C(F)F)c(F)c4c3CNC[C@H]4C)[C@@H](O)[C@H]2O)c1N=CC. The van der Waals surface area contributed by atoms with Gasteiger partial charge in [0.05, 0.1) is 11.6 Å². The van der Waals surface area contributed by atoms with E-state index in [2.05, 4.69) is 16.9 Å². The van der Waals surface area contributed by atoms with Crippen LogP contribution >= 0.6 is 0 Å². The van der Waals surface area contributed by atoms with Crippen LogP contribution in [0.3, 0.4) is 0 Å². The Morgan fingerprint density at radius 1 is 1.35 bits per heavy atom. The number of hydrogen-bond acceptors (Lipinski definition) is 5. The maximum Gasteiger partial charge on any atom is 0.266 e. The Hall–Kier alpha value is -2.62. The number of fused-ring (bicyclic) bond motifs is 1. The second-order valence-corrected chi connectivity index (χ2v) is 9.07. The number of hydrogen-bond donors (Lipinski definition) is 3. The van der Waals surface area contributed by atoms with Gasteiger partial charge in [0.1, 0.15) is 35.7 Å². The quantitative estimate of drug-likeness (QED) is 0.530. The summed E-state index contributed by atoms with van der Waals surface area (Å²) >= 11 is 0. The number of aliphatic imine (C=N–C) groups is 1. The molecule has 1 fully saturated rings. The highest BCUT2D eigenvalue weighted by molar-refractivity contribution is 5.73. The van der Waals surface area contributed by atoms with Crippen LogP contribution in [0.4, 0.5) is 19.0 Å². The highest BCUT2D eigenvalue weighted by Gasteiger charge is 2.45. The second-order valence-electron chi connectivity index (χ2n) is 9.07. The van der Waals surface area contributed by atoms with Crippen molar-refractivity contribution in [2.45, 2.75) is 70.4 Å². The number of ether oxygens (including phenoxy) is 1. The normalized spacial score (nSPS) is 26.9. The fourth-order valence-corrected chi connectivity index (χ4v) is 5.01. The van der Waals surface area contributed by atoms with Gasteiger partial charge in [-0.05, 0) is 37.5 Å². The van der Waals surface area contributed by atoms with E-state index in [1.807, 2.05) is 13.0 Å². The lowest BCUT2D eigenvalue weighted by molar-refractivity contribution is -0.0169. The van der Waals surface area contributed by atoms with Gasteiger partial charge in [-0.3, -0.25) is 0 Å². The van der Waals surface area contributed by atoms with Gasteiger partial charge in [0.2, 0.25) is 0 Å². The zero-order chi connectivity index (χ0) is 24.7. The molecule has 1 unspecified atom stereocenters. The van der Waals surface area contributed by atoms with Gasteiger partial charge in [-0.25, -0.2) is 18.2 Å². The molecule has 184 valence electrons. The predicted molar refractivity (Wildman–Crippen MR) is 125 cm³/mol. The molecule has 6 nitrogen and oxygen atoms in total. The van der Waals surface area contributed by atoms with Crippen LogP contribution in [0, 0.1) is 5.82 Å². The molecule has 1 aliphatic heterocycles. The average Bonchev–Trinajstić information content (AvgIpc) is 3.31. The van der Waals surface area contributed by atoms with Crippen molar-refractivity contribution in [3.05, 3.63) is 53.0 Å². The molecule has 0 bridgehead atoms. The third-order valence-electron chi connectivity index (χ3n) is 6.71. The van der Waals surface area contributed by atoms with Crippen molar-refractivity contribution in [1.82, 2.24) is 9.88 Å². The average molecular weight is 478 g/mol. The van der Waals surface area contributed by atoms with Crippen molar-refractivity contribution >= 4 is 17.6 Å². The second kappa shape index (κ2) is 9.56. The van der Waals surface area contributed by atoms with Crippen molar-refractivity contribution in [3.63, 3.8) is 0 Å². The van der Waals surface area contributed by atoms with Crippen LogP contribution in [0.15, 0.2) is 29.9 Å². The van der Waals surface area contributed by atoms with Crippen molar-refractivity contribution in [2.24, 2.45) is 4.99 Å². The Morgan fingerprint density at radius 3 is 2.74 bits per heavy atom. The van der Waals surface area contributed by atoms with Crippen LogP contribution in [-0.2, 0) is 6.54 Å². The Morgan fingerprint density at radius 2 is 2.09 bits per heavy atom. The van der Waals surface area contributed by atoms with Gasteiger partial charge in [-0.15, -0.1) is 0 Å². The largest absolute Gasteiger partial charge is 0.487 e. The number of alkyl halides is 2. The lowest BCUT2D eigenvalue weighted by atomic mass is 9.89. The van der Waals surface area contributed by atoms with Crippen molar-refractivity contribution in [1.29, 1.82) is 0 Å². The first-order valence-corrected chi connectivity index (χ1v) is 11.4. The highest BCUT2D eigenvalue weighted by atomic mass is 19.3. The number of nitrogens with zero attached hydrogens (tertiary/aromatic N) is 2. The summed E-state index contributed by atoms with van der Waals surface area (Å²) in [6.45, 7) is 10.1. The van der Waals surface area contributed by atoms with E-state index >= 15 is 0 Å². The number of halogens is 3. The molecule has 0 saturated heterocycles. The minimum atomic E-state index is -3.00. The number of aliphatic hydroxyl groups excluding tert-OH is 2. The minimum absolute atomic E-state index is 0.101. The molecule has 0 amide bonds. The van der Waals surface area contributed by atoms with Gasteiger partial charge in [-0.2, -0.15) is 0 Å². The Bertz CT molecular complexity index is 1110. The van der Waals surface area contributed by atoms with Crippen LogP contribution in [0.1, 0.15) is 67.8 Å². The molecule has 1 aliphatic carbocycles. The number of aromatic nitrogens is 1. The molecule has 34 heavy (non-hydrogen) atoms. The Kier molecular flexibility index (Phi) is 6.89. The van der Waals surface area contributed by atoms with E-state index in [0.29, 0.717) is 17.9 Å². The summed E-state index contributed by atoms with van der Waals surface area (Å²) in [5.41, 5.74) is 1.58. The first-order valence-electron chi connectivity index (χ1n) is 11.4. The number of aliphatic hydroxyl groups is 2. The van der Waals surface area contributed by atoms with E-state index in [0.717, 1.165) is 17.2 Å². The van der Waals surface area contributed by atoms with Crippen molar-refractivity contribution in [2.75, 3.05) is 6.54 Å². The summed E-state index contributed by atoms with van der Waals surface area (Å²) in [5.74, 6) is -0.516. The van der Waals surface area contributed by atoms with Gasteiger partial charge in [0.15, 0.2) is 0 Å². The van der Waals surface area contributed by atoms with E-state index < -0.39 is 42.2 Å². The van der Waals surface area contributed by atoms with E-state index in [1.54, 1.807) is 30.8 Å². The molecule has 0 radical (unpaired) electrons. The third kappa shape index (κ3) is 4.16. The van der Waals surface area contributed by atoms with Crippen LogP contribution in [0.25, 0.3) is 5.57 Å². The van der Waals surface area contributed by atoms with E-state index in [9.17, 15) is 23.4 Å². The van der Waals surface area contributed by atoms with Gasteiger partial charge >= 0.3 is 0 Å². The molecule has 1 aromatic heterocycles. The smallest absolute Gasteiger partial charge is 0.266 e. The molecule has 0 spiro atoms. The Labute approximate surface area is 196 Å².